The van der Waals surface area contributed by atoms with Crippen molar-refractivity contribution in [3.8, 4) is 40.9 Å². The number of pyridine rings is 3. The number of carboxylic acid groups (broad SMARTS) is 2. The summed E-state index contributed by atoms with van der Waals surface area (Å²) in [6.07, 6.45) is -14.0. The molecule has 0 radical (unpaired) electrons. The first kappa shape index (κ1) is 87.1. The number of thiol groups is 1. The van der Waals surface area contributed by atoms with E-state index in [1.165, 1.54) is 42.1 Å². The number of nitro groups is 3. The van der Waals surface area contributed by atoms with E-state index in [9.17, 15) is 79.4 Å². The number of thioether (sulfide) groups is 1. The molecule has 9 aromatic rings. The Kier molecular flexibility index (Phi) is 35.0. The molecule has 0 amide bonds. The van der Waals surface area contributed by atoms with Gasteiger partial charge in [0.25, 0.3) is 12.2 Å². The van der Waals surface area contributed by atoms with E-state index in [-0.39, 0.29) is 168 Å². The number of aromatic nitrogens is 3. The molecule has 0 saturated heterocycles. The maximum Gasteiger partial charge on any atom is 1.00 e. The third kappa shape index (κ3) is 26.3. The van der Waals surface area contributed by atoms with Crippen molar-refractivity contribution in [2.75, 3.05) is 11.5 Å². The van der Waals surface area contributed by atoms with Crippen molar-refractivity contribution in [1.82, 2.24) is 15.0 Å². The summed E-state index contributed by atoms with van der Waals surface area (Å²) in [4.78, 5) is 78.5. The fraction of sp³-hybridized carbons (Fsp3) is 0.121. The van der Waals surface area contributed by atoms with Gasteiger partial charge < -0.3 is 42.1 Å². The normalized spacial score (nSPS) is 12.2. The first-order chi connectivity index (χ1) is 45.1. The number of phenolic OH excluding ortho intramolecular Hbond substituents is 1. The SMILES string of the molecule is Cl.N#Cc1ccc2cc(O)ccc2n1.N#Cc1ccc2cc(Oc3ccc(C(F)(F)F)cc3[N+](=O)[O-])ccc2n1.N[C@H](CS)C(=O)O.O=C(O)[C@H]1CSC(c2ccc3cc(Oc4ccc(C(F)(F)F)cc4[N+](=O)[O-])ccc3n2)=N1.O=CO[O-].O=[N+]([O-])c1cc(C(F)(F)F)ccc1Cl.[H-].[K+].[K+]. The molecule has 0 spiro atoms. The molecule has 41 heteroatoms. The molecule has 6 aromatic carbocycles. The van der Waals surface area contributed by atoms with Crippen molar-refractivity contribution in [2.24, 2.45) is 10.7 Å². The Hall–Kier alpha value is -7.95. The van der Waals surface area contributed by atoms with E-state index in [1.54, 1.807) is 60.7 Å². The zero-order valence-corrected chi connectivity index (χ0v) is 59.3. The van der Waals surface area contributed by atoms with Gasteiger partial charge in [-0.25, -0.2) is 19.7 Å². The van der Waals surface area contributed by atoms with Crippen LogP contribution < -0.4 is 123 Å². The Balaban J connectivity index is 0.000000656. The molecule has 0 aliphatic carbocycles. The number of alkyl halides is 9. The van der Waals surface area contributed by atoms with E-state index in [2.05, 4.69) is 37.5 Å². The van der Waals surface area contributed by atoms with E-state index >= 15 is 0 Å². The molecule has 0 fully saturated rings. The molecule has 508 valence electrons. The standard InChI is InChI=1S/C20H12F3N3O5S.C17H8F3N3O3.C10H6N2O.C7H3ClF3NO2.C3H7NO2S.CH2O3.ClH.2K.H/c21-20(22,23)11-2-6-17(16(8-11)26(29)30)31-12-3-5-13-10(7-12)1-4-14(24-13)18-25-15(9-32-18)19(27)28;18-17(19,20)11-2-6-16(15(8-11)23(24)25)26-13-4-5-14-10(7-13)1-3-12(9-21)22-14;11-6-8-2-1-7-5-9(13)3-4-10(7)12-8;8-5-2-1-4(7(9,10)11)3-6(5)12(13)14;4-2(1-7)3(5)6;2-1-4-3;;;;/h1-8,15H,9H2,(H,27,28);1-8H;1-5,13H;1-3H;2,7H,1,4H2,(H,5,6);1,3H;1H;;;/q;;;;;;;2*+1;-1/p-1/t15-;;;;2-;;;;;/m1...1...../s1. The molecule has 3 aromatic heterocycles. The van der Waals surface area contributed by atoms with Crippen LogP contribution >= 0.6 is 48.4 Å². The number of nitrogens with two attached hydrogens (primary N) is 1. The third-order valence-corrected chi connectivity index (χ3v) is 13.6. The smallest absolute Gasteiger partial charge is 1.00 e. The van der Waals surface area contributed by atoms with Crippen LogP contribution in [0.5, 0.6) is 28.7 Å². The van der Waals surface area contributed by atoms with E-state index in [0.29, 0.717) is 80.4 Å². The Bertz CT molecular complexity index is 4550. The Morgan fingerprint density at radius 2 is 1.05 bits per heavy atom. The first-order valence-corrected chi connectivity index (χ1v) is 27.7. The van der Waals surface area contributed by atoms with Gasteiger partial charge in [-0.1, -0.05) is 17.7 Å². The van der Waals surface area contributed by atoms with E-state index in [4.69, 9.17) is 62.7 Å². The topological polar surface area (TPSA) is 417 Å². The monoisotopic (exact) mass is 1510 g/mol. The van der Waals surface area contributed by atoms with E-state index < -0.39 is 91.1 Å². The minimum atomic E-state index is -4.72. The number of nitriles is 2. The number of phenols is 1. The second-order valence-electron chi connectivity index (χ2n) is 18.3. The largest absolute Gasteiger partial charge is 1.00 e. The maximum absolute atomic E-state index is 12.9. The number of hydrogen-bond donors (Lipinski definition) is 5. The van der Waals surface area contributed by atoms with Crippen LogP contribution in [0.4, 0.5) is 56.6 Å². The van der Waals surface area contributed by atoms with Gasteiger partial charge >= 0.3 is 145 Å². The summed E-state index contributed by atoms with van der Waals surface area (Å²) in [6, 6.07) is 32.1. The van der Waals surface area contributed by atoms with Crippen molar-refractivity contribution in [2.45, 2.75) is 30.6 Å². The van der Waals surface area contributed by atoms with Gasteiger partial charge in [-0.05, 0) is 121 Å². The number of ether oxygens (including phenoxy) is 2. The molecule has 0 saturated carbocycles. The quantitative estimate of drug-likeness (QED) is 0.0155. The number of aliphatic carboxylic acids is 2. The van der Waals surface area contributed by atoms with Crippen molar-refractivity contribution >= 4 is 122 Å². The number of carbonyl (C=O) groups excluding carboxylic acids is 1. The van der Waals surface area contributed by atoms with Crippen LogP contribution in [-0.2, 0) is 37.8 Å². The Morgan fingerprint density at radius 3 is 1.41 bits per heavy atom. The number of benzene rings is 6. The fourth-order valence-corrected chi connectivity index (χ4v) is 8.68. The third-order valence-electron chi connectivity index (χ3n) is 11.8. The molecule has 5 N–H and O–H groups in total. The molecule has 4 heterocycles. The van der Waals surface area contributed by atoms with Crippen LogP contribution in [0.25, 0.3) is 32.7 Å². The molecule has 0 bridgehead atoms. The first-order valence-electron chi connectivity index (χ1n) is 25.7. The van der Waals surface area contributed by atoms with Crippen molar-refractivity contribution in [3.63, 3.8) is 0 Å². The Labute approximate surface area is 656 Å². The number of aliphatic imine (C=N–C) groups is 1. The number of fused-ring (bicyclic) bond motifs is 3. The summed E-state index contributed by atoms with van der Waals surface area (Å²) in [5.74, 6) is -1.58. The van der Waals surface area contributed by atoms with Gasteiger partial charge in [0.2, 0.25) is 11.5 Å². The summed E-state index contributed by atoms with van der Waals surface area (Å²) in [7, 11) is 0. The van der Waals surface area contributed by atoms with Crippen LogP contribution in [-0.4, -0.2) is 92.1 Å². The zero-order valence-electron chi connectivity index (χ0n) is 50.8. The fourth-order valence-electron chi connectivity index (χ4n) is 7.34. The average Bonchev–Trinajstić information content (AvgIpc) is 1.13. The predicted molar refractivity (Wildman–Crippen MR) is 331 cm³/mol. The molecule has 1 aliphatic heterocycles. The van der Waals surface area contributed by atoms with Gasteiger partial charge in [-0.3, -0.25) is 44.9 Å². The van der Waals surface area contributed by atoms with Gasteiger partial charge in [0.05, 0.1) is 53.7 Å². The number of aromatic hydroxyl groups is 1. The maximum atomic E-state index is 12.9. The predicted octanol–water partition coefficient (Wildman–Crippen LogP) is 7.11. The molecule has 0 unspecified atom stereocenters. The van der Waals surface area contributed by atoms with E-state index in [1.807, 2.05) is 12.1 Å². The van der Waals surface area contributed by atoms with Crippen molar-refractivity contribution < 1.29 is 208 Å². The summed E-state index contributed by atoms with van der Waals surface area (Å²) in [5.41, 5.74) is 2.11. The number of nitro benzene ring substituents is 3. The summed E-state index contributed by atoms with van der Waals surface area (Å²) < 4.78 is 124. The minimum Gasteiger partial charge on any atom is -1.00 e. The molecule has 99 heavy (non-hydrogen) atoms. The summed E-state index contributed by atoms with van der Waals surface area (Å²) in [5, 5.41) is 86.9. The number of rotatable bonds is 12. The molecule has 1 aliphatic rings. The summed E-state index contributed by atoms with van der Waals surface area (Å²) >= 11 is 10.3. The minimum absolute atomic E-state index is 0. The van der Waals surface area contributed by atoms with Gasteiger partial charge in [0.15, 0.2) is 6.04 Å². The van der Waals surface area contributed by atoms with Crippen LogP contribution in [0.1, 0.15) is 35.2 Å². The molecule has 2 atom stereocenters. The summed E-state index contributed by atoms with van der Waals surface area (Å²) in [6.45, 7) is -0.181. The Morgan fingerprint density at radius 1 is 0.657 bits per heavy atom. The molecule has 10 rings (SSSR count). The van der Waals surface area contributed by atoms with Crippen LogP contribution in [0.15, 0.2) is 151 Å². The van der Waals surface area contributed by atoms with Crippen LogP contribution in [0.2, 0.25) is 5.02 Å². The van der Waals surface area contributed by atoms with Crippen molar-refractivity contribution in [1.29, 1.82) is 10.5 Å². The number of hydrogen-bond acceptors (Lipinski definition) is 23. The second kappa shape index (κ2) is 39.7. The molecular weight excluding hydrogens is 1480 g/mol. The number of halogens is 11. The van der Waals surface area contributed by atoms with Gasteiger partial charge in [-0.15, -0.1) is 24.2 Å². The van der Waals surface area contributed by atoms with E-state index in [0.717, 1.165) is 29.1 Å². The molecular formula is C58H39Cl2F9K2N10O16S2. The van der Waals surface area contributed by atoms with Gasteiger partial charge in [0, 0.05) is 45.9 Å². The average molecular weight is 1520 g/mol. The van der Waals surface area contributed by atoms with Crippen LogP contribution in [0, 0.1) is 53.0 Å². The molecule has 26 nitrogen and oxygen atoms in total. The number of carboxylic acids is 2. The van der Waals surface area contributed by atoms with Crippen molar-refractivity contribution in [3.05, 3.63) is 215 Å². The van der Waals surface area contributed by atoms with Crippen LogP contribution in [0.3, 0.4) is 0 Å². The number of nitrogens with zero attached hydrogens (tertiary/aromatic N) is 9. The van der Waals surface area contributed by atoms with Gasteiger partial charge in [0.1, 0.15) is 56.9 Å². The zero-order chi connectivity index (χ0) is 71.4. The second-order valence-corrected chi connectivity index (χ2v) is 20.1. The number of carbonyl (C=O) groups is 3. The van der Waals surface area contributed by atoms with Gasteiger partial charge in [-0.2, -0.15) is 62.7 Å².